The molecule has 0 bridgehead atoms. The van der Waals surface area contributed by atoms with Crippen LogP contribution in [0.4, 0.5) is 28.9 Å². The first-order valence-electron chi connectivity index (χ1n) is 9.79. The minimum Gasteiger partial charge on any atom is -0.326 e. The second-order valence-electron chi connectivity index (χ2n) is 7.69. The molecule has 2 atom stereocenters. The van der Waals surface area contributed by atoms with Gasteiger partial charge in [0.2, 0.25) is 5.91 Å². The topological polar surface area (TPSA) is 58.2 Å². The monoisotopic (exact) mass is 564 g/mol. The highest BCUT2D eigenvalue weighted by Gasteiger charge is 2.67. The van der Waals surface area contributed by atoms with Crippen molar-refractivity contribution in [2.24, 2.45) is 5.92 Å². The zero-order valence-electron chi connectivity index (χ0n) is 17.1. The van der Waals surface area contributed by atoms with Gasteiger partial charge in [-0.2, -0.15) is 0 Å². The summed E-state index contributed by atoms with van der Waals surface area (Å²) in [6.07, 6.45) is 0. The molecule has 0 aliphatic heterocycles. The molecule has 1 aliphatic rings. The van der Waals surface area contributed by atoms with E-state index in [0.717, 1.165) is 30.3 Å². The van der Waals surface area contributed by atoms with Crippen LogP contribution in [0.2, 0.25) is 10.0 Å². The highest BCUT2D eigenvalue weighted by molar-refractivity contribution is 6.53. The Balaban J connectivity index is 1.55. The summed E-state index contributed by atoms with van der Waals surface area (Å²) in [5.41, 5.74) is -0.649. The third kappa shape index (κ3) is 5.07. The summed E-state index contributed by atoms with van der Waals surface area (Å²) >= 11 is 24.2. The Morgan fingerprint density at radius 1 is 0.829 bits per heavy atom. The van der Waals surface area contributed by atoms with Gasteiger partial charge < -0.3 is 10.6 Å². The Labute approximate surface area is 216 Å². The molecule has 1 fully saturated rings. The first kappa shape index (κ1) is 25.6. The molecule has 35 heavy (non-hydrogen) atoms. The molecule has 3 aromatic rings. The first-order valence-corrected chi connectivity index (χ1v) is 11.3. The highest BCUT2D eigenvalue weighted by Crippen LogP contribution is 2.65. The van der Waals surface area contributed by atoms with Crippen molar-refractivity contribution in [1.82, 2.24) is 0 Å². The van der Waals surface area contributed by atoms with E-state index in [0.29, 0.717) is 11.6 Å². The minimum absolute atomic E-state index is 0.0713. The molecule has 0 aromatic heterocycles. The van der Waals surface area contributed by atoms with Crippen LogP contribution in [0, 0.1) is 29.2 Å². The van der Waals surface area contributed by atoms with Crippen LogP contribution in [0.5, 0.6) is 0 Å². The molecule has 3 aromatic carbocycles. The van der Waals surface area contributed by atoms with E-state index in [2.05, 4.69) is 10.6 Å². The predicted octanol–water partition coefficient (Wildman–Crippen LogP) is 7.33. The number of alkyl halides is 2. The van der Waals surface area contributed by atoms with E-state index in [-0.39, 0.29) is 10.7 Å². The number of carbonyl (C=O) groups excluding carboxylic acids is 2. The summed E-state index contributed by atoms with van der Waals surface area (Å²) in [6, 6.07) is 8.26. The van der Waals surface area contributed by atoms with Gasteiger partial charge in [-0.3, -0.25) is 9.59 Å². The lowest BCUT2D eigenvalue weighted by atomic mass is 10.1. The third-order valence-electron chi connectivity index (χ3n) is 5.36. The molecule has 0 unspecified atom stereocenters. The quantitative estimate of drug-likeness (QED) is 0.251. The van der Waals surface area contributed by atoms with Crippen molar-refractivity contribution < 1.29 is 27.2 Å². The van der Waals surface area contributed by atoms with Gasteiger partial charge in [-0.15, -0.1) is 23.2 Å². The van der Waals surface area contributed by atoms with Crippen molar-refractivity contribution in [2.45, 2.75) is 10.3 Å². The zero-order valence-corrected chi connectivity index (χ0v) is 20.1. The molecule has 12 heteroatoms. The number of carbonyl (C=O) groups is 2. The Hall–Kier alpha value is -2.52. The van der Waals surface area contributed by atoms with Crippen molar-refractivity contribution in [2.75, 3.05) is 10.6 Å². The summed E-state index contributed by atoms with van der Waals surface area (Å²) in [7, 11) is 0. The van der Waals surface area contributed by atoms with Crippen LogP contribution in [0.15, 0.2) is 48.5 Å². The van der Waals surface area contributed by atoms with E-state index in [4.69, 9.17) is 46.4 Å². The van der Waals surface area contributed by atoms with E-state index >= 15 is 0 Å². The number of hydrogen-bond donors (Lipinski definition) is 2. The largest absolute Gasteiger partial charge is 0.326 e. The summed E-state index contributed by atoms with van der Waals surface area (Å²) in [5, 5.41) is 3.90. The Kier molecular flexibility index (Phi) is 6.94. The average Bonchev–Trinajstić information content (AvgIpc) is 3.36. The number of rotatable bonds is 5. The van der Waals surface area contributed by atoms with Crippen molar-refractivity contribution in [3.63, 3.8) is 0 Å². The third-order valence-corrected chi connectivity index (χ3v) is 6.86. The fourth-order valence-electron chi connectivity index (χ4n) is 3.60. The highest BCUT2D eigenvalue weighted by atomic mass is 35.5. The molecule has 2 amide bonds. The summed E-state index contributed by atoms with van der Waals surface area (Å²) in [4.78, 5) is 25.4. The summed E-state index contributed by atoms with van der Waals surface area (Å²) in [6.45, 7) is 0. The number of anilines is 2. The van der Waals surface area contributed by atoms with Gasteiger partial charge >= 0.3 is 0 Å². The number of amides is 2. The molecule has 182 valence electrons. The number of benzene rings is 3. The van der Waals surface area contributed by atoms with Crippen molar-refractivity contribution >= 4 is 69.6 Å². The summed E-state index contributed by atoms with van der Waals surface area (Å²) < 4.78 is 53.4. The number of hydrogen-bond acceptors (Lipinski definition) is 2. The predicted molar refractivity (Wildman–Crippen MR) is 126 cm³/mol. The molecule has 4 nitrogen and oxygen atoms in total. The lowest BCUT2D eigenvalue weighted by molar-refractivity contribution is -0.117. The maximum atomic E-state index is 14.5. The summed E-state index contributed by atoms with van der Waals surface area (Å²) in [5.74, 6) is -7.20. The van der Waals surface area contributed by atoms with Crippen LogP contribution in [0.1, 0.15) is 21.8 Å². The SMILES string of the molecule is O=C(Nc1ccc(F)cc1F)c1cc(NC(=O)[C@H]2[C@H](c3ccc(F)c(Cl)c3)C2(Cl)Cl)cc(Cl)c1F. The number of halogens is 8. The molecule has 2 N–H and O–H groups in total. The normalized spacial score (nSPS) is 18.2. The Bertz CT molecular complexity index is 1370. The van der Waals surface area contributed by atoms with Crippen molar-refractivity contribution in [3.05, 3.63) is 93.0 Å². The first-order chi connectivity index (χ1) is 16.4. The van der Waals surface area contributed by atoms with E-state index in [1.165, 1.54) is 12.1 Å². The lowest BCUT2D eigenvalue weighted by Gasteiger charge is -2.11. The van der Waals surface area contributed by atoms with Gasteiger partial charge in [-0.1, -0.05) is 29.3 Å². The van der Waals surface area contributed by atoms with Gasteiger partial charge in [-0.05, 0) is 42.0 Å². The standard InChI is InChI=1S/C23H12Cl4F4N2O2/c24-13-5-9(1-3-15(13)29)18-19(23(18,26)27)22(35)32-11-7-12(20(31)14(25)8-11)21(34)33-17-4-2-10(28)6-16(17)30/h1-8,18-19H,(H,32,35)(H,33,34)/t18-,19+/m0/s1. The van der Waals surface area contributed by atoms with Gasteiger partial charge in [-0.25, -0.2) is 17.6 Å². The fraction of sp³-hybridized carbons (Fsp3) is 0.130. The van der Waals surface area contributed by atoms with Crippen LogP contribution in [-0.2, 0) is 4.79 Å². The van der Waals surface area contributed by atoms with Crippen LogP contribution < -0.4 is 10.6 Å². The second-order valence-corrected chi connectivity index (χ2v) is 9.95. The molecule has 0 radical (unpaired) electrons. The molecule has 1 saturated carbocycles. The minimum atomic E-state index is -1.53. The number of nitrogens with one attached hydrogen (secondary N) is 2. The molecule has 4 rings (SSSR count). The molecule has 0 spiro atoms. The molecular weight excluding hydrogens is 554 g/mol. The van der Waals surface area contributed by atoms with Gasteiger partial charge in [0.1, 0.15) is 21.8 Å². The fourth-order valence-corrected chi connectivity index (χ4v) is 4.84. The maximum absolute atomic E-state index is 14.5. The maximum Gasteiger partial charge on any atom is 0.258 e. The van der Waals surface area contributed by atoms with Crippen LogP contribution in [-0.4, -0.2) is 16.1 Å². The smallest absolute Gasteiger partial charge is 0.258 e. The molecule has 0 heterocycles. The molecule has 0 saturated heterocycles. The van der Waals surface area contributed by atoms with Crippen molar-refractivity contribution in [1.29, 1.82) is 0 Å². The Morgan fingerprint density at radius 3 is 2.20 bits per heavy atom. The van der Waals surface area contributed by atoms with Gasteiger partial charge in [0.15, 0.2) is 5.82 Å². The van der Waals surface area contributed by atoms with E-state index in [1.807, 2.05) is 0 Å². The average molecular weight is 566 g/mol. The van der Waals surface area contributed by atoms with Crippen molar-refractivity contribution in [3.8, 4) is 0 Å². The van der Waals surface area contributed by atoms with Crippen LogP contribution in [0.25, 0.3) is 0 Å². The molecule has 1 aliphatic carbocycles. The van der Waals surface area contributed by atoms with Gasteiger partial charge in [0.05, 0.1) is 27.2 Å². The van der Waals surface area contributed by atoms with E-state index < -0.39 is 67.5 Å². The van der Waals surface area contributed by atoms with Gasteiger partial charge in [0, 0.05) is 17.7 Å². The van der Waals surface area contributed by atoms with E-state index in [9.17, 15) is 27.2 Å². The zero-order chi connectivity index (χ0) is 25.7. The van der Waals surface area contributed by atoms with Gasteiger partial charge in [0.25, 0.3) is 5.91 Å². The van der Waals surface area contributed by atoms with Crippen LogP contribution >= 0.6 is 46.4 Å². The lowest BCUT2D eigenvalue weighted by Crippen LogP contribution is -2.19. The molecular formula is C23H12Cl4F4N2O2. The van der Waals surface area contributed by atoms with Crippen LogP contribution in [0.3, 0.4) is 0 Å². The Morgan fingerprint density at radius 2 is 1.54 bits per heavy atom. The van der Waals surface area contributed by atoms with E-state index in [1.54, 1.807) is 0 Å². The second kappa shape index (κ2) is 9.50.